The number of hydrogen-bond acceptors (Lipinski definition) is 6. The van der Waals surface area contributed by atoms with E-state index >= 15 is 0 Å². The highest BCUT2D eigenvalue weighted by atomic mass is 16.5. The zero-order chi connectivity index (χ0) is 20.4. The predicted molar refractivity (Wildman–Crippen MR) is 100 cm³/mol. The Labute approximate surface area is 157 Å². The van der Waals surface area contributed by atoms with Crippen LogP contribution in [-0.2, 0) is 9.53 Å². The van der Waals surface area contributed by atoms with Crippen LogP contribution < -0.4 is 16.9 Å². The normalized spacial score (nSPS) is 11.9. The Hall–Kier alpha value is -3.88. The van der Waals surface area contributed by atoms with Gasteiger partial charge in [0.2, 0.25) is 5.91 Å². The monoisotopic (exact) mass is 383 g/mol. The molecule has 0 saturated carbocycles. The van der Waals surface area contributed by atoms with Crippen molar-refractivity contribution in [3.63, 3.8) is 0 Å². The van der Waals surface area contributed by atoms with Crippen LogP contribution in [0.1, 0.15) is 33.8 Å². The van der Waals surface area contributed by atoms with Gasteiger partial charge in [0, 0.05) is 29.6 Å². The number of carbonyl (C=O) groups excluding carboxylic acids is 2. The Balaban J connectivity index is 2.30. The number of amides is 1. The number of nitrogens with two attached hydrogens (primary N) is 1. The number of pyridine rings is 2. The molecule has 1 amide bonds. The van der Waals surface area contributed by atoms with E-state index in [0.717, 1.165) is 13.3 Å². The molecule has 0 bridgehead atoms. The molecule has 9 heteroatoms. The van der Waals surface area contributed by atoms with Crippen molar-refractivity contribution in [1.82, 2.24) is 9.97 Å². The van der Waals surface area contributed by atoms with E-state index < -0.39 is 41.1 Å². The molecule has 5 N–H and O–H groups in total. The van der Waals surface area contributed by atoms with Gasteiger partial charge in [-0.3, -0.25) is 14.4 Å². The molecule has 0 saturated heterocycles. The molecule has 1 aromatic carbocycles. The van der Waals surface area contributed by atoms with Crippen molar-refractivity contribution in [2.45, 2.75) is 12.3 Å². The quantitative estimate of drug-likeness (QED) is 0.476. The van der Waals surface area contributed by atoms with Gasteiger partial charge in [0.15, 0.2) is 0 Å². The summed E-state index contributed by atoms with van der Waals surface area (Å²) < 4.78 is 4.58. The van der Waals surface area contributed by atoms with Crippen molar-refractivity contribution >= 4 is 22.8 Å². The first kappa shape index (κ1) is 18.9. The van der Waals surface area contributed by atoms with Crippen molar-refractivity contribution in [2.75, 3.05) is 7.11 Å². The summed E-state index contributed by atoms with van der Waals surface area (Å²) in [7, 11) is 1.11. The van der Waals surface area contributed by atoms with Crippen molar-refractivity contribution in [1.29, 1.82) is 0 Å². The summed E-state index contributed by atoms with van der Waals surface area (Å²) in [5.74, 6) is -3.52. The second kappa shape index (κ2) is 7.39. The van der Waals surface area contributed by atoms with E-state index in [0.29, 0.717) is 10.9 Å². The highest BCUT2D eigenvalue weighted by Gasteiger charge is 2.29. The van der Waals surface area contributed by atoms with Gasteiger partial charge in [-0.2, -0.15) is 0 Å². The van der Waals surface area contributed by atoms with E-state index in [1.807, 2.05) is 0 Å². The SMILES string of the molecule is COC(=O)c1c[nH]c(=O)c(C(CC(N)=O)c2cc3ccccc3[nH]c2=O)c1O. The molecule has 0 aliphatic rings. The zero-order valence-electron chi connectivity index (χ0n) is 14.8. The van der Waals surface area contributed by atoms with Gasteiger partial charge in [-0.25, -0.2) is 4.79 Å². The van der Waals surface area contributed by atoms with Crippen LogP contribution in [0.5, 0.6) is 5.75 Å². The first-order chi connectivity index (χ1) is 13.3. The molecule has 144 valence electrons. The van der Waals surface area contributed by atoms with Crippen LogP contribution in [0.3, 0.4) is 0 Å². The van der Waals surface area contributed by atoms with Crippen LogP contribution in [0, 0.1) is 0 Å². The van der Waals surface area contributed by atoms with Crippen LogP contribution in [0.25, 0.3) is 10.9 Å². The number of carbonyl (C=O) groups is 2. The Morgan fingerprint density at radius 3 is 2.61 bits per heavy atom. The number of fused-ring (bicyclic) bond motifs is 1. The lowest BCUT2D eigenvalue weighted by atomic mass is 9.87. The first-order valence-corrected chi connectivity index (χ1v) is 8.26. The molecule has 0 aliphatic heterocycles. The summed E-state index contributed by atoms with van der Waals surface area (Å²) in [6, 6.07) is 8.47. The minimum Gasteiger partial charge on any atom is -0.506 e. The van der Waals surface area contributed by atoms with Crippen molar-refractivity contribution in [3.05, 3.63) is 73.9 Å². The molecule has 0 aliphatic carbocycles. The number of primary amides is 1. The molecule has 28 heavy (non-hydrogen) atoms. The van der Waals surface area contributed by atoms with Crippen molar-refractivity contribution in [2.24, 2.45) is 5.73 Å². The topological polar surface area (TPSA) is 155 Å². The predicted octanol–water partition coefficient (Wildman–Crippen LogP) is 0.716. The summed E-state index contributed by atoms with van der Waals surface area (Å²) in [5.41, 5.74) is 4.01. The standard InChI is InChI=1S/C19H17N3O6/c1-28-19(27)12-8-21-18(26)15(16(12)24)10(7-14(20)23)11-6-9-4-2-3-5-13(9)22-17(11)25/h2-6,8,10H,7H2,1H3,(H2,20,23)(H,22,25)(H2,21,24,26). The lowest BCUT2D eigenvalue weighted by molar-refractivity contribution is -0.118. The molecule has 0 spiro atoms. The molecule has 3 rings (SSSR count). The summed E-state index contributed by atoms with van der Waals surface area (Å²) >= 11 is 0. The van der Waals surface area contributed by atoms with Gasteiger partial charge < -0.3 is 25.5 Å². The number of methoxy groups -OCH3 is 1. The number of ether oxygens (including phenoxy) is 1. The summed E-state index contributed by atoms with van der Waals surface area (Å²) in [4.78, 5) is 53.6. The van der Waals surface area contributed by atoms with Crippen LogP contribution in [0.4, 0.5) is 0 Å². The molecule has 3 aromatic rings. The fourth-order valence-electron chi connectivity index (χ4n) is 3.12. The zero-order valence-corrected chi connectivity index (χ0v) is 14.8. The average Bonchev–Trinajstić information content (AvgIpc) is 2.66. The molecule has 1 unspecified atom stereocenters. The summed E-state index contributed by atoms with van der Waals surface area (Å²) in [5, 5.41) is 11.2. The van der Waals surface area contributed by atoms with E-state index in [-0.39, 0.29) is 16.7 Å². The van der Waals surface area contributed by atoms with E-state index in [9.17, 15) is 24.3 Å². The Kier molecular flexibility index (Phi) is 4.99. The number of H-pyrrole nitrogens is 2. The molecular weight excluding hydrogens is 366 g/mol. The van der Waals surface area contributed by atoms with E-state index in [4.69, 9.17) is 5.73 Å². The van der Waals surface area contributed by atoms with E-state index in [1.54, 1.807) is 24.3 Å². The largest absolute Gasteiger partial charge is 0.506 e. The molecule has 2 aromatic heterocycles. The minimum atomic E-state index is -1.17. The number of para-hydroxylation sites is 1. The van der Waals surface area contributed by atoms with Crippen molar-refractivity contribution < 1.29 is 19.4 Å². The maximum absolute atomic E-state index is 12.6. The second-order valence-electron chi connectivity index (χ2n) is 6.15. The number of aromatic hydroxyl groups is 1. The van der Waals surface area contributed by atoms with Crippen LogP contribution in [-0.4, -0.2) is 34.1 Å². The van der Waals surface area contributed by atoms with Crippen molar-refractivity contribution in [3.8, 4) is 5.75 Å². The molecule has 9 nitrogen and oxygen atoms in total. The number of hydrogen-bond donors (Lipinski definition) is 4. The maximum Gasteiger partial charge on any atom is 0.343 e. The maximum atomic E-state index is 12.6. The van der Waals surface area contributed by atoms with Crippen LogP contribution in [0.2, 0.25) is 0 Å². The Morgan fingerprint density at radius 1 is 1.21 bits per heavy atom. The molecule has 2 heterocycles. The number of benzene rings is 1. The number of aromatic amines is 2. The van der Waals surface area contributed by atoms with Gasteiger partial charge in [0.1, 0.15) is 11.3 Å². The van der Waals surface area contributed by atoms with Gasteiger partial charge in [0.05, 0.1) is 12.7 Å². The van der Waals surface area contributed by atoms with Gasteiger partial charge in [0.25, 0.3) is 11.1 Å². The molecule has 0 radical (unpaired) electrons. The number of nitrogens with one attached hydrogen (secondary N) is 2. The second-order valence-corrected chi connectivity index (χ2v) is 6.15. The van der Waals surface area contributed by atoms with Gasteiger partial charge in [-0.15, -0.1) is 0 Å². The van der Waals surface area contributed by atoms with Gasteiger partial charge in [-0.05, 0) is 17.5 Å². The number of esters is 1. The Bertz CT molecular complexity index is 1190. The third-order valence-electron chi connectivity index (χ3n) is 4.42. The average molecular weight is 383 g/mol. The van der Waals surface area contributed by atoms with Crippen LogP contribution >= 0.6 is 0 Å². The molecular formula is C19H17N3O6. The lowest BCUT2D eigenvalue weighted by Gasteiger charge is -2.17. The third-order valence-corrected chi connectivity index (χ3v) is 4.42. The summed E-state index contributed by atoms with van der Waals surface area (Å²) in [6.45, 7) is 0. The van der Waals surface area contributed by atoms with Crippen LogP contribution in [0.15, 0.2) is 46.1 Å². The minimum absolute atomic E-state index is 0.0558. The number of aromatic nitrogens is 2. The summed E-state index contributed by atoms with van der Waals surface area (Å²) in [6.07, 6.45) is 0.571. The molecule has 1 atom stereocenters. The fraction of sp³-hybridized carbons (Fsp3) is 0.158. The highest BCUT2D eigenvalue weighted by molar-refractivity contribution is 5.92. The first-order valence-electron chi connectivity index (χ1n) is 8.26. The van der Waals surface area contributed by atoms with Gasteiger partial charge in [-0.1, -0.05) is 18.2 Å². The third kappa shape index (κ3) is 3.37. The van der Waals surface area contributed by atoms with E-state index in [2.05, 4.69) is 14.7 Å². The fourth-order valence-corrected chi connectivity index (χ4v) is 3.12. The molecule has 0 fully saturated rings. The van der Waals surface area contributed by atoms with E-state index in [1.165, 1.54) is 6.07 Å². The Morgan fingerprint density at radius 2 is 1.93 bits per heavy atom. The van der Waals surface area contributed by atoms with Gasteiger partial charge >= 0.3 is 5.97 Å². The smallest absolute Gasteiger partial charge is 0.343 e. The highest BCUT2D eigenvalue weighted by Crippen LogP contribution is 2.32. The number of rotatable bonds is 5. The lowest BCUT2D eigenvalue weighted by Crippen LogP contribution is -2.27.